The van der Waals surface area contributed by atoms with Crippen molar-refractivity contribution in [1.82, 2.24) is 29.4 Å². The largest absolute Gasteiger partial charge is 0.493 e. The number of fused-ring (bicyclic) bond motifs is 2. The Bertz CT molecular complexity index is 1250. The predicted octanol–water partition coefficient (Wildman–Crippen LogP) is 3.32. The zero-order valence-corrected chi connectivity index (χ0v) is 16.0. The first-order valence-electron chi connectivity index (χ1n) is 9.45. The lowest BCUT2D eigenvalue weighted by molar-refractivity contribution is 0.146. The average Bonchev–Trinajstić information content (AvgIpc) is 3.46. The van der Waals surface area contributed by atoms with Crippen molar-refractivity contribution in [2.75, 3.05) is 6.61 Å². The molecule has 0 atom stereocenters. The minimum atomic E-state index is -2.73. The SMILES string of the molecule is Cn1cc(-c2cnc(CCc3c(F)ccc4c3CCO4)n3cnnc23)c(C(F)F)n1. The van der Waals surface area contributed by atoms with Gasteiger partial charge in [0.2, 0.25) is 0 Å². The van der Waals surface area contributed by atoms with E-state index in [1.54, 1.807) is 17.5 Å². The Morgan fingerprint density at radius 1 is 1.20 bits per heavy atom. The van der Waals surface area contributed by atoms with Gasteiger partial charge in [-0.25, -0.2) is 18.2 Å². The zero-order valence-electron chi connectivity index (χ0n) is 16.0. The number of aromatic nitrogens is 6. The van der Waals surface area contributed by atoms with Gasteiger partial charge in [-0.3, -0.25) is 9.08 Å². The second kappa shape index (κ2) is 7.12. The van der Waals surface area contributed by atoms with Crippen LogP contribution in [0.4, 0.5) is 13.2 Å². The summed E-state index contributed by atoms with van der Waals surface area (Å²) in [5.74, 6) is 1.06. The van der Waals surface area contributed by atoms with Gasteiger partial charge in [0, 0.05) is 49.0 Å². The molecule has 0 N–H and O–H groups in total. The highest BCUT2D eigenvalue weighted by molar-refractivity contribution is 5.77. The van der Waals surface area contributed by atoms with Gasteiger partial charge in [-0.1, -0.05) is 0 Å². The molecule has 5 rings (SSSR count). The summed E-state index contributed by atoms with van der Waals surface area (Å²) in [5.41, 5.74) is 2.25. The molecular weight excluding hydrogens is 397 g/mol. The summed E-state index contributed by atoms with van der Waals surface area (Å²) in [4.78, 5) is 4.45. The molecule has 4 aromatic rings. The van der Waals surface area contributed by atoms with Crippen LogP contribution in [0, 0.1) is 5.82 Å². The monoisotopic (exact) mass is 414 g/mol. The van der Waals surface area contributed by atoms with E-state index in [1.165, 1.54) is 29.5 Å². The number of rotatable bonds is 5. The number of hydrogen-bond donors (Lipinski definition) is 0. The molecule has 0 unspecified atom stereocenters. The van der Waals surface area contributed by atoms with Gasteiger partial charge in [0.1, 0.15) is 29.4 Å². The molecule has 7 nitrogen and oxygen atoms in total. The second-order valence-electron chi connectivity index (χ2n) is 7.12. The van der Waals surface area contributed by atoms with E-state index in [2.05, 4.69) is 20.3 Å². The van der Waals surface area contributed by atoms with Crippen LogP contribution in [0.25, 0.3) is 16.8 Å². The van der Waals surface area contributed by atoms with Gasteiger partial charge in [-0.15, -0.1) is 10.2 Å². The molecule has 0 bridgehead atoms. The van der Waals surface area contributed by atoms with Crippen LogP contribution in [0.3, 0.4) is 0 Å². The highest BCUT2D eigenvalue weighted by Crippen LogP contribution is 2.33. The third-order valence-electron chi connectivity index (χ3n) is 5.30. The van der Waals surface area contributed by atoms with Crippen molar-refractivity contribution in [2.24, 2.45) is 7.05 Å². The number of alkyl halides is 2. The highest BCUT2D eigenvalue weighted by Gasteiger charge is 2.23. The topological polar surface area (TPSA) is 70.1 Å². The van der Waals surface area contributed by atoms with Gasteiger partial charge in [0.15, 0.2) is 5.65 Å². The summed E-state index contributed by atoms with van der Waals surface area (Å²) in [5, 5.41) is 11.9. The first-order valence-corrected chi connectivity index (χ1v) is 9.45. The molecule has 1 aromatic carbocycles. The van der Waals surface area contributed by atoms with Crippen LogP contribution in [0.1, 0.15) is 29.1 Å². The van der Waals surface area contributed by atoms with E-state index in [1.807, 2.05) is 0 Å². The van der Waals surface area contributed by atoms with Crippen molar-refractivity contribution >= 4 is 5.65 Å². The van der Waals surface area contributed by atoms with Crippen molar-refractivity contribution in [2.45, 2.75) is 25.7 Å². The van der Waals surface area contributed by atoms with Crippen molar-refractivity contribution in [3.63, 3.8) is 0 Å². The number of nitrogens with zero attached hydrogens (tertiary/aromatic N) is 6. The Balaban J connectivity index is 1.51. The van der Waals surface area contributed by atoms with Crippen LogP contribution in [-0.2, 0) is 26.3 Å². The fourth-order valence-electron chi connectivity index (χ4n) is 3.94. The van der Waals surface area contributed by atoms with Gasteiger partial charge in [0.05, 0.1) is 6.61 Å². The molecule has 0 aliphatic carbocycles. The van der Waals surface area contributed by atoms with E-state index in [0.29, 0.717) is 48.5 Å². The lowest BCUT2D eigenvalue weighted by Gasteiger charge is -2.10. The van der Waals surface area contributed by atoms with Crippen LogP contribution < -0.4 is 4.74 Å². The van der Waals surface area contributed by atoms with Crippen LogP contribution in [-0.4, -0.2) is 36.0 Å². The Hall–Kier alpha value is -3.43. The molecule has 4 heterocycles. The maximum absolute atomic E-state index is 14.4. The molecular formula is C20H17F3N6O. The van der Waals surface area contributed by atoms with E-state index >= 15 is 0 Å². The Kier molecular flexibility index (Phi) is 4.41. The Labute approximate surface area is 169 Å². The molecule has 1 aliphatic rings. The van der Waals surface area contributed by atoms with Crippen molar-refractivity contribution in [1.29, 1.82) is 0 Å². The van der Waals surface area contributed by atoms with Crippen molar-refractivity contribution < 1.29 is 17.9 Å². The van der Waals surface area contributed by atoms with Crippen molar-refractivity contribution in [3.05, 3.63) is 59.3 Å². The minimum absolute atomic E-state index is 0.258. The molecule has 0 saturated carbocycles. The molecule has 10 heteroatoms. The van der Waals surface area contributed by atoms with E-state index in [-0.39, 0.29) is 17.1 Å². The first-order chi connectivity index (χ1) is 14.5. The predicted molar refractivity (Wildman–Crippen MR) is 101 cm³/mol. The Morgan fingerprint density at radius 3 is 2.90 bits per heavy atom. The smallest absolute Gasteiger partial charge is 0.282 e. The highest BCUT2D eigenvalue weighted by atomic mass is 19.3. The van der Waals surface area contributed by atoms with Crippen LogP contribution in [0.5, 0.6) is 5.75 Å². The van der Waals surface area contributed by atoms with Gasteiger partial charge in [-0.05, 0) is 24.1 Å². The molecule has 0 fully saturated rings. The molecule has 154 valence electrons. The van der Waals surface area contributed by atoms with Crippen LogP contribution in [0.2, 0.25) is 0 Å². The molecule has 3 aromatic heterocycles. The van der Waals surface area contributed by atoms with E-state index in [0.717, 1.165) is 11.3 Å². The third kappa shape index (κ3) is 2.99. The summed E-state index contributed by atoms with van der Waals surface area (Å²) in [6.45, 7) is 0.548. The number of aryl methyl sites for hydroxylation is 2. The zero-order chi connectivity index (χ0) is 20.8. The normalized spacial score (nSPS) is 13.2. The second-order valence-corrected chi connectivity index (χ2v) is 7.12. The molecule has 0 spiro atoms. The summed E-state index contributed by atoms with van der Waals surface area (Å²) in [7, 11) is 1.58. The summed E-state index contributed by atoms with van der Waals surface area (Å²) in [6, 6.07) is 3.07. The van der Waals surface area contributed by atoms with Gasteiger partial charge in [-0.2, -0.15) is 5.10 Å². The van der Waals surface area contributed by atoms with E-state index < -0.39 is 6.43 Å². The van der Waals surface area contributed by atoms with E-state index in [9.17, 15) is 13.2 Å². The summed E-state index contributed by atoms with van der Waals surface area (Å²) >= 11 is 0. The minimum Gasteiger partial charge on any atom is -0.493 e. The number of halogens is 3. The average molecular weight is 414 g/mol. The van der Waals surface area contributed by atoms with Gasteiger partial charge >= 0.3 is 0 Å². The molecule has 0 amide bonds. The molecule has 1 aliphatic heterocycles. The maximum atomic E-state index is 14.4. The number of ether oxygens (including phenoxy) is 1. The lowest BCUT2D eigenvalue weighted by atomic mass is 10.00. The first kappa shape index (κ1) is 18.6. The van der Waals surface area contributed by atoms with Crippen LogP contribution >= 0.6 is 0 Å². The third-order valence-corrected chi connectivity index (χ3v) is 5.30. The number of hydrogen-bond acceptors (Lipinski definition) is 5. The standard InChI is InChI=1S/C20H17F3N6O/c1-28-9-14(18(27-28)19(22)23)13-8-24-17(29-10-25-26-20(13)29)5-2-11-12-6-7-30-16(12)4-3-15(11)21/h3-4,8-10,19H,2,5-7H2,1H3. The van der Waals surface area contributed by atoms with Gasteiger partial charge < -0.3 is 4.74 Å². The fourth-order valence-corrected chi connectivity index (χ4v) is 3.94. The molecule has 30 heavy (non-hydrogen) atoms. The van der Waals surface area contributed by atoms with Gasteiger partial charge in [0.25, 0.3) is 6.43 Å². The maximum Gasteiger partial charge on any atom is 0.282 e. The summed E-state index contributed by atoms with van der Waals surface area (Å²) in [6.07, 6.45) is 3.29. The van der Waals surface area contributed by atoms with Crippen molar-refractivity contribution in [3.8, 4) is 16.9 Å². The van der Waals surface area contributed by atoms with Crippen LogP contribution in [0.15, 0.2) is 30.9 Å². The quantitative estimate of drug-likeness (QED) is 0.501. The number of benzene rings is 1. The molecule has 0 saturated heterocycles. The lowest BCUT2D eigenvalue weighted by Crippen LogP contribution is -2.06. The molecule has 0 radical (unpaired) electrons. The summed E-state index contributed by atoms with van der Waals surface area (Å²) < 4.78 is 49.7. The van der Waals surface area contributed by atoms with E-state index in [4.69, 9.17) is 4.74 Å². The fraction of sp³-hybridized carbons (Fsp3) is 0.300. The Morgan fingerprint density at radius 2 is 2.07 bits per heavy atom.